The Labute approximate surface area is 120 Å². The van der Waals surface area contributed by atoms with Gasteiger partial charge in [0.05, 0.1) is 19.2 Å². The Balaban J connectivity index is 2.06. The number of methoxy groups -OCH3 is 1. The Bertz CT molecular complexity index is 570. The molecule has 1 fully saturated rings. The first-order valence-corrected chi connectivity index (χ1v) is 6.17. The smallest absolute Gasteiger partial charge is 0.339 e. The van der Waals surface area contributed by atoms with E-state index in [2.05, 4.69) is 14.8 Å². The maximum Gasteiger partial charge on any atom is 0.339 e. The van der Waals surface area contributed by atoms with E-state index in [9.17, 15) is 9.59 Å². The number of rotatable bonds is 5. The Kier molecular flexibility index (Phi) is 4.76. The minimum Gasteiger partial charge on any atom is -0.467 e. The van der Waals surface area contributed by atoms with Crippen molar-refractivity contribution in [3.8, 4) is 0 Å². The van der Waals surface area contributed by atoms with Gasteiger partial charge in [0.2, 0.25) is 0 Å². The molecule has 0 N–H and O–H groups in total. The molecule has 8 nitrogen and oxygen atoms in total. The van der Waals surface area contributed by atoms with Gasteiger partial charge in [0, 0.05) is 4.91 Å². The van der Waals surface area contributed by atoms with Crippen molar-refractivity contribution in [2.75, 3.05) is 13.7 Å². The molecule has 1 aliphatic heterocycles. The average Bonchev–Trinajstić information content (AvgIpc) is 2.52. The number of benzene rings is 1. The van der Waals surface area contributed by atoms with Gasteiger partial charge in [-0.3, -0.25) is 0 Å². The number of hydrogen-bond acceptors (Lipinski definition) is 6. The van der Waals surface area contributed by atoms with Crippen molar-refractivity contribution < 1.29 is 23.8 Å². The second-order valence-corrected chi connectivity index (χ2v) is 4.27. The Hall–Kier alpha value is -2.57. The summed E-state index contributed by atoms with van der Waals surface area (Å²) in [5.74, 6) is -1.22. The second-order valence-electron chi connectivity index (χ2n) is 4.27. The third-order valence-electron chi connectivity index (χ3n) is 3.00. The molecule has 8 heteroatoms. The van der Waals surface area contributed by atoms with E-state index in [1.165, 1.54) is 7.11 Å². The zero-order chi connectivity index (χ0) is 15.2. The fraction of sp³-hybridized carbons (Fsp3) is 0.385. The van der Waals surface area contributed by atoms with Gasteiger partial charge in [0.15, 0.2) is 12.2 Å². The molecule has 0 spiro atoms. The number of ether oxygens (including phenoxy) is 3. The summed E-state index contributed by atoms with van der Waals surface area (Å²) in [5, 5.41) is 3.36. The van der Waals surface area contributed by atoms with E-state index >= 15 is 0 Å². The van der Waals surface area contributed by atoms with Crippen molar-refractivity contribution in [2.24, 2.45) is 5.11 Å². The van der Waals surface area contributed by atoms with Gasteiger partial charge in [-0.2, -0.15) is 0 Å². The van der Waals surface area contributed by atoms with Crippen molar-refractivity contribution in [3.05, 3.63) is 46.3 Å². The van der Waals surface area contributed by atoms with Crippen LogP contribution in [-0.4, -0.2) is 43.9 Å². The van der Waals surface area contributed by atoms with Crippen LogP contribution in [0.4, 0.5) is 0 Å². The summed E-state index contributed by atoms with van der Waals surface area (Å²) < 4.78 is 15.1. The predicted molar refractivity (Wildman–Crippen MR) is 70.3 cm³/mol. The molecule has 21 heavy (non-hydrogen) atoms. The highest BCUT2D eigenvalue weighted by atomic mass is 16.6. The van der Waals surface area contributed by atoms with Crippen LogP contribution in [0, 0.1) is 0 Å². The van der Waals surface area contributed by atoms with Crippen molar-refractivity contribution in [1.29, 1.82) is 0 Å². The Morgan fingerprint density at radius 1 is 1.38 bits per heavy atom. The van der Waals surface area contributed by atoms with Crippen LogP contribution in [0.1, 0.15) is 10.4 Å². The number of carbonyl (C=O) groups excluding carboxylic acids is 2. The number of nitrogens with zero attached hydrogens (tertiary/aromatic N) is 3. The van der Waals surface area contributed by atoms with E-state index in [1.54, 1.807) is 30.3 Å². The normalized spacial score (nSPS) is 23.4. The highest BCUT2D eigenvalue weighted by Crippen LogP contribution is 2.27. The zero-order valence-electron chi connectivity index (χ0n) is 11.2. The Morgan fingerprint density at radius 2 is 2.10 bits per heavy atom. The minimum atomic E-state index is -0.999. The van der Waals surface area contributed by atoms with E-state index < -0.39 is 30.3 Å². The molecule has 110 valence electrons. The Morgan fingerprint density at radius 3 is 2.71 bits per heavy atom. The molecule has 0 radical (unpaired) electrons. The molecule has 0 saturated carbocycles. The topological polar surface area (TPSA) is 111 Å². The molecule has 1 aromatic carbocycles. The summed E-state index contributed by atoms with van der Waals surface area (Å²) >= 11 is 0. The molecule has 1 saturated heterocycles. The molecule has 2 rings (SSSR count). The van der Waals surface area contributed by atoms with Crippen LogP contribution in [0.25, 0.3) is 10.4 Å². The third kappa shape index (κ3) is 3.31. The SMILES string of the molecule is COC(=O)[C@H]1O[C@H](CN=[N+]=[N-])[C@@H]1OC(=O)c1ccccc1. The van der Waals surface area contributed by atoms with Gasteiger partial charge in [-0.1, -0.05) is 23.3 Å². The molecule has 1 heterocycles. The molecule has 0 aromatic heterocycles. The van der Waals surface area contributed by atoms with E-state index in [-0.39, 0.29) is 6.54 Å². The van der Waals surface area contributed by atoms with Crippen LogP contribution < -0.4 is 0 Å². The molecular weight excluding hydrogens is 278 g/mol. The molecule has 3 atom stereocenters. The summed E-state index contributed by atoms with van der Waals surface area (Å²) in [4.78, 5) is 26.1. The lowest BCUT2D eigenvalue weighted by Gasteiger charge is -2.41. The van der Waals surface area contributed by atoms with Crippen LogP contribution in [0.5, 0.6) is 0 Å². The van der Waals surface area contributed by atoms with E-state index in [0.29, 0.717) is 5.56 Å². The number of esters is 2. The third-order valence-corrected chi connectivity index (χ3v) is 3.00. The van der Waals surface area contributed by atoms with Crippen LogP contribution >= 0.6 is 0 Å². The van der Waals surface area contributed by atoms with Gasteiger partial charge in [-0.15, -0.1) is 0 Å². The quantitative estimate of drug-likeness (QED) is 0.353. The zero-order valence-corrected chi connectivity index (χ0v) is 11.2. The molecule has 1 aromatic rings. The molecule has 1 aliphatic rings. The summed E-state index contributed by atoms with van der Waals surface area (Å²) in [5.41, 5.74) is 8.66. The van der Waals surface area contributed by atoms with Crippen molar-refractivity contribution in [1.82, 2.24) is 0 Å². The lowest BCUT2D eigenvalue weighted by Crippen LogP contribution is -2.60. The highest BCUT2D eigenvalue weighted by Gasteiger charge is 2.50. The monoisotopic (exact) mass is 291 g/mol. The highest BCUT2D eigenvalue weighted by molar-refractivity contribution is 5.90. The van der Waals surface area contributed by atoms with E-state index in [0.717, 1.165) is 0 Å². The van der Waals surface area contributed by atoms with Gasteiger partial charge in [-0.25, -0.2) is 9.59 Å². The van der Waals surface area contributed by atoms with Crippen LogP contribution in [0.15, 0.2) is 35.4 Å². The number of azide groups is 1. The van der Waals surface area contributed by atoms with Gasteiger partial charge in [0.1, 0.15) is 6.10 Å². The lowest BCUT2D eigenvalue weighted by molar-refractivity contribution is -0.227. The van der Waals surface area contributed by atoms with E-state index in [4.69, 9.17) is 15.0 Å². The van der Waals surface area contributed by atoms with Gasteiger partial charge >= 0.3 is 11.9 Å². The van der Waals surface area contributed by atoms with Gasteiger partial charge < -0.3 is 14.2 Å². The van der Waals surface area contributed by atoms with Crippen molar-refractivity contribution >= 4 is 11.9 Å². The van der Waals surface area contributed by atoms with Crippen LogP contribution in [-0.2, 0) is 19.0 Å². The maximum absolute atomic E-state index is 12.0. The largest absolute Gasteiger partial charge is 0.467 e. The van der Waals surface area contributed by atoms with Crippen LogP contribution in [0.2, 0.25) is 0 Å². The molecule has 0 amide bonds. The fourth-order valence-electron chi connectivity index (χ4n) is 1.92. The first kappa shape index (κ1) is 14.8. The summed E-state index contributed by atoms with van der Waals surface area (Å²) in [6, 6.07) is 8.35. The summed E-state index contributed by atoms with van der Waals surface area (Å²) in [6.07, 6.45) is -2.49. The lowest BCUT2D eigenvalue weighted by atomic mass is 10.0. The number of carbonyl (C=O) groups is 2. The van der Waals surface area contributed by atoms with Gasteiger partial charge in [0.25, 0.3) is 0 Å². The predicted octanol–water partition coefficient (Wildman–Crippen LogP) is 1.46. The molecule has 0 unspecified atom stereocenters. The molecule has 0 bridgehead atoms. The molecule has 0 aliphatic carbocycles. The summed E-state index contributed by atoms with van der Waals surface area (Å²) in [6.45, 7) is -0.0310. The van der Waals surface area contributed by atoms with Crippen molar-refractivity contribution in [2.45, 2.75) is 18.3 Å². The maximum atomic E-state index is 12.0. The summed E-state index contributed by atoms with van der Waals surface area (Å²) in [7, 11) is 1.21. The first-order valence-electron chi connectivity index (χ1n) is 6.17. The van der Waals surface area contributed by atoms with Gasteiger partial charge in [-0.05, 0) is 17.7 Å². The second kappa shape index (κ2) is 6.74. The van der Waals surface area contributed by atoms with E-state index in [1.807, 2.05) is 0 Å². The van der Waals surface area contributed by atoms with Crippen molar-refractivity contribution in [3.63, 3.8) is 0 Å². The fourth-order valence-corrected chi connectivity index (χ4v) is 1.92. The first-order chi connectivity index (χ1) is 10.2. The minimum absolute atomic E-state index is 0.0310. The van der Waals surface area contributed by atoms with Crippen LogP contribution in [0.3, 0.4) is 0 Å². The average molecular weight is 291 g/mol. The standard InChI is InChI=1S/C13H13N3O5/c1-19-13(18)11-10(9(20-11)7-15-16-14)21-12(17)8-5-3-2-4-6-8/h2-6,9-11H,7H2,1H3/t9-,10+,11+/m1/s1. The number of hydrogen-bond donors (Lipinski definition) is 0. The molecular formula is C13H13N3O5.